The zero-order valence-corrected chi connectivity index (χ0v) is 10.2. The van der Waals surface area contributed by atoms with Crippen molar-refractivity contribution in [3.05, 3.63) is 0 Å². The Bertz CT molecular complexity index is 242. The quantitative estimate of drug-likeness (QED) is 0.716. The Hall–Kier alpha value is -0.480. The molecule has 0 spiro atoms. The van der Waals surface area contributed by atoms with Gasteiger partial charge in [-0.2, -0.15) is 0 Å². The Morgan fingerprint density at radius 2 is 1.87 bits per heavy atom. The molecule has 5 heteroatoms. The van der Waals surface area contributed by atoms with E-state index in [1.807, 2.05) is 20.8 Å². The van der Waals surface area contributed by atoms with Gasteiger partial charge in [-0.3, -0.25) is 0 Å². The zero-order chi connectivity index (χ0) is 10.3. The number of nitrogens with one attached hydrogen (secondary N) is 2. The van der Waals surface area contributed by atoms with Crippen LogP contribution in [0.4, 0.5) is 4.79 Å². The molecule has 0 radical (unpaired) electrons. The standard InChI is InChI=1S/C10H18N2O2.ClH/c1-10(2,3)14-9(13)12-8-6-4-11-5-7(6)8;/h6-8,11H,4-5H2,1-3H3,(H,12,13);1H/t6-,7+,8?;. The van der Waals surface area contributed by atoms with E-state index in [1.165, 1.54) is 0 Å². The van der Waals surface area contributed by atoms with Crippen molar-refractivity contribution in [2.45, 2.75) is 32.4 Å². The summed E-state index contributed by atoms with van der Waals surface area (Å²) in [6.07, 6.45) is -0.281. The largest absolute Gasteiger partial charge is 0.444 e. The fourth-order valence-corrected chi connectivity index (χ4v) is 2.08. The van der Waals surface area contributed by atoms with Gasteiger partial charge in [0.2, 0.25) is 0 Å². The topological polar surface area (TPSA) is 50.4 Å². The molecular formula is C10H19ClN2O2. The van der Waals surface area contributed by atoms with Crippen LogP contribution in [0.25, 0.3) is 0 Å². The maximum absolute atomic E-state index is 11.4. The van der Waals surface area contributed by atoms with Gasteiger partial charge >= 0.3 is 6.09 Å². The minimum Gasteiger partial charge on any atom is -0.444 e. The third-order valence-corrected chi connectivity index (χ3v) is 2.78. The third-order valence-electron chi connectivity index (χ3n) is 2.78. The van der Waals surface area contributed by atoms with Crippen molar-refractivity contribution >= 4 is 18.5 Å². The molecule has 4 nitrogen and oxygen atoms in total. The number of carbonyl (C=O) groups is 1. The van der Waals surface area contributed by atoms with Crippen molar-refractivity contribution in [3.63, 3.8) is 0 Å². The molecule has 2 rings (SSSR count). The number of fused-ring (bicyclic) bond motifs is 1. The van der Waals surface area contributed by atoms with Gasteiger partial charge in [-0.25, -0.2) is 4.79 Å². The Kier molecular flexibility index (Phi) is 3.51. The molecule has 1 amide bonds. The van der Waals surface area contributed by atoms with Crippen LogP contribution in [0.3, 0.4) is 0 Å². The number of ether oxygens (including phenoxy) is 1. The lowest BCUT2D eigenvalue weighted by Gasteiger charge is -2.20. The number of hydrogen-bond donors (Lipinski definition) is 2. The van der Waals surface area contributed by atoms with E-state index in [0.29, 0.717) is 17.9 Å². The molecule has 1 unspecified atom stereocenters. The van der Waals surface area contributed by atoms with Crippen molar-refractivity contribution in [3.8, 4) is 0 Å². The van der Waals surface area contributed by atoms with Crippen molar-refractivity contribution in [1.29, 1.82) is 0 Å². The normalized spacial score (nSPS) is 32.6. The average Bonchev–Trinajstić information content (AvgIpc) is 2.50. The van der Waals surface area contributed by atoms with E-state index in [9.17, 15) is 4.79 Å². The van der Waals surface area contributed by atoms with Gasteiger partial charge in [0, 0.05) is 19.1 Å². The maximum Gasteiger partial charge on any atom is 0.407 e. The summed E-state index contributed by atoms with van der Waals surface area (Å²) in [5.74, 6) is 1.28. The molecule has 0 aromatic rings. The second-order valence-electron chi connectivity index (χ2n) is 5.16. The monoisotopic (exact) mass is 234 g/mol. The molecule has 1 aliphatic heterocycles. The molecule has 15 heavy (non-hydrogen) atoms. The summed E-state index contributed by atoms with van der Waals surface area (Å²) < 4.78 is 5.18. The van der Waals surface area contributed by atoms with Crippen molar-refractivity contribution < 1.29 is 9.53 Å². The number of alkyl carbamates (subject to hydrolysis) is 1. The Labute approximate surface area is 96.5 Å². The number of hydrogen-bond acceptors (Lipinski definition) is 3. The maximum atomic E-state index is 11.4. The minimum absolute atomic E-state index is 0. The first-order valence-electron chi connectivity index (χ1n) is 5.17. The van der Waals surface area contributed by atoms with Crippen molar-refractivity contribution in [2.75, 3.05) is 13.1 Å². The first-order chi connectivity index (χ1) is 6.47. The lowest BCUT2D eigenvalue weighted by molar-refractivity contribution is 0.0518. The first-order valence-corrected chi connectivity index (χ1v) is 5.17. The van der Waals surface area contributed by atoms with Crippen LogP contribution in [-0.2, 0) is 4.74 Å². The second-order valence-corrected chi connectivity index (χ2v) is 5.16. The molecule has 1 heterocycles. The average molecular weight is 235 g/mol. The van der Waals surface area contributed by atoms with Gasteiger partial charge in [-0.05, 0) is 32.6 Å². The SMILES string of the molecule is CC(C)(C)OC(=O)NC1[C@H]2CNC[C@@H]12.Cl. The molecule has 0 bridgehead atoms. The Balaban J connectivity index is 0.00000112. The van der Waals surface area contributed by atoms with Crippen LogP contribution in [-0.4, -0.2) is 30.8 Å². The number of halogens is 1. The predicted octanol–water partition coefficient (Wildman–Crippen LogP) is 1.15. The van der Waals surface area contributed by atoms with Crippen LogP contribution in [0.2, 0.25) is 0 Å². The smallest absolute Gasteiger partial charge is 0.407 e. The molecule has 0 aromatic carbocycles. The lowest BCUT2D eigenvalue weighted by atomic mass is 10.2. The second kappa shape index (κ2) is 4.18. The van der Waals surface area contributed by atoms with Gasteiger partial charge in [0.15, 0.2) is 0 Å². The Morgan fingerprint density at radius 1 is 1.33 bits per heavy atom. The third kappa shape index (κ3) is 2.98. The molecule has 1 saturated carbocycles. The van der Waals surface area contributed by atoms with Crippen LogP contribution in [0.1, 0.15) is 20.8 Å². The fraction of sp³-hybridized carbons (Fsp3) is 0.900. The molecule has 2 fully saturated rings. The number of amides is 1. The molecule has 3 atom stereocenters. The van der Waals surface area contributed by atoms with E-state index in [2.05, 4.69) is 10.6 Å². The lowest BCUT2D eigenvalue weighted by Crippen LogP contribution is -2.37. The van der Waals surface area contributed by atoms with E-state index in [1.54, 1.807) is 0 Å². The zero-order valence-electron chi connectivity index (χ0n) is 9.37. The molecule has 2 aliphatic rings. The van der Waals surface area contributed by atoms with Crippen molar-refractivity contribution in [1.82, 2.24) is 10.6 Å². The highest BCUT2D eigenvalue weighted by molar-refractivity contribution is 5.85. The van der Waals surface area contributed by atoms with Gasteiger partial charge in [0.05, 0.1) is 0 Å². The van der Waals surface area contributed by atoms with Crippen LogP contribution >= 0.6 is 12.4 Å². The minimum atomic E-state index is -0.396. The first kappa shape index (κ1) is 12.6. The molecule has 2 N–H and O–H groups in total. The summed E-state index contributed by atoms with van der Waals surface area (Å²) in [7, 11) is 0. The number of rotatable bonds is 1. The van der Waals surface area contributed by atoms with Crippen LogP contribution in [0.15, 0.2) is 0 Å². The number of carbonyl (C=O) groups excluding carboxylic acids is 1. The van der Waals surface area contributed by atoms with E-state index >= 15 is 0 Å². The summed E-state index contributed by atoms with van der Waals surface area (Å²) in [5, 5.41) is 6.19. The molecule has 1 saturated heterocycles. The predicted molar refractivity (Wildman–Crippen MR) is 60.3 cm³/mol. The molecular weight excluding hydrogens is 216 g/mol. The van der Waals surface area contributed by atoms with Gasteiger partial charge in [0.25, 0.3) is 0 Å². The summed E-state index contributed by atoms with van der Waals surface area (Å²) in [6.45, 7) is 7.70. The molecule has 88 valence electrons. The highest BCUT2D eigenvalue weighted by Crippen LogP contribution is 2.41. The van der Waals surface area contributed by atoms with Crippen molar-refractivity contribution in [2.24, 2.45) is 11.8 Å². The van der Waals surface area contributed by atoms with Crippen LogP contribution < -0.4 is 10.6 Å². The van der Waals surface area contributed by atoms with E-state index < -0.39 is 5.60 Å². The van der Waals surface area contributed by atoms with E-state index in [4.69, 9.17) is 4.74 Å². The van der Waals surface area contributed by atoms with E-state index in [-0.39, 0.29) is 18.5 Å². The van der Waals surface area contributed by atoms with Gasteiger partial charge in [-0.1, -0.05) is 0 Å². The molecule has 1 aliphatic carbocycles. The van der Waals surface area contributed by atoms with Crippen LogP contribution in [0, 0.1) is 11.8 Å². The molecule has 0 aromatic heterocycles. The Morgan fingerprint density at radius 3 is 2.33 bits per heavy atom. The highest BCUT2D eigenvalue weighted by atomic mass is 35.5. The van der Waals surface area contributed by atoms with E-state index in [0.717, 1.165) is 13.1 Å². The summed E-state index contributed by atoms with van der Waals surface area (Å²) >= 11 is 0. The summed E-state index contributed by atoms with van der Waals surface area (Å²) in [4.78, 5) is 11.4. The fourth-order valence-electron chi connectivity index (χ4n) is 2.08. The summed E-state index contributed by atoms with van der Waals surface area (Å²) in [6, 6.07) is 0.353. The van der Waals surface area contributed by atoms with Gasteiger partial charge < -0.3 is 15.4 Å². The van der Waals surface area contributed by atoms with Gasteiger partial charge in [0.1, 0.15) is 5.60 Å². The number of piperidine rings is 1. The summed E-state index contributed by atoms with van der Waals surface area (Å²) in [5.41, 5.74) is -0.396. The van der Waals surface area contributed by atoms with Crippen LogP contribution in [0.5, 0.6) is 0 Å². The van der Waals surface area contributed by atoms with Gasteiger partial charge in [-0.15, -0.1) is 12.4 Å². The highest BCUT2D eigenvalue weighted by Gasteiger charge is 2.54.